The van der Waals surface area contributed by atoms with Gasteiger partial charge in [0.05, 0.1) is 17.4 Å². The molecule has 1 aromatic carbocycles. The molecule has 6 heteroatoms. The van der Waals surface area contributed by atoms with Crippen LogP contribution in [-0.4, -0.2) is 4.98 Å². The Morgan fingerprint density at radius 1 is 1.00 bits per heavy atom. The lowest BCUT2D eigenvalue weighted by atomic mass is 9.88. The Morgan fingerprint density at radius 2 is 1.68 bits per heavy atom. The zero-order chi connectivity index (χ0) is 14.2. The summed E-state index contributed by atoms with van der Waals surface area (Å²) in [4.78, 5) is 3.74. The third-order valence-electron chi connectivity index (χ3n) is 2.85. The smallest absolute Gasteiger partial charge is 0.194 e. The van der Waals surface area contributed by atoms with Gasteiger partial charge in [0.1, 0.15) is 5.82 Å². The van der Waals surface area contributed by atoms with Crippen LogP contribution in [0.1, 0.15) is 18.2 Å². The summed E-state index contributed by atoms with van der Waals surface area (Å²) in [7, 11) is 0. The van der Waals surface area contributed by atoms with Gasteiger partial charge in [-0.3, -0.25) is 4.98 Å². The number of nitrogens with zero attached hydrogens (tertiary/aromatic N) is 1. The van der Waals surface area contributed by atoms with Gasteiger partial charge in [-0.2, -0.15) is 0 Å². The van der Waals surface area contributed by atoms with Gasteiger partial charge in [0.2, 0.25) is 0 Å². The molecule has 1 unspecified atom stereocenters. The maximum absolute atomic E-state index is 13.7. The standard InChI is InChI=1S/C13H10F4N2/c1-13(18,10-5-2-7(14)6-19-10)8-3-4-9(15)12(17)11(8)16/h2-6H,18H2,1H3. The number of nitrogens with two attached hydrogens (primary N) is 1. The monoisotopic (exact) mass is 270 g/mol. The quantitative estimate of drug-likeness (QED) is 0.673. The third kappa shape index (κ3) is 2.31. The molecule has 2 nitrogen and oxygen atoms in total. The van der Waals surface area contributed by atoms with Crippen LogP contribution >= 0.6 is 0 Å². The molecule has 0 bridgehead atoms. The van der Waals surface area contributed by atoms with Crippen molar-refractivity contribution in [3.8, 4) is 0 Å². The molecule has 1 heterocycles. The second-order valence-corrected chi connectivity index (χ2v) is 4.29. The number of benzene rings is 1. The van der Waals surface area contributed by atoms with Gasteiger partial charge in [-0.25, -0.2) is 17.6 Å². The maximum Gasteiger partial charge on any atom is 0.194 e. The summed E-state index contributed by atoms with van der Waals surface area (Å²) in [6.07, 6.45) is 0.915. The number of hydrogen-bond acceptors (Lipinski definition) is 2. The Balaban J connectivity index is 2.56. The van der Waals surface area contributed by atoms with E-state index in [9.17, 15) is 17.6 Å². The minimum Gasteiger partial charge on any atom is -0.317 e. The fourth-order valence-electron chi connectivity index (χ4n) is 1.75. The Labute approximate surface area is 106 Å². The van der Waals surface area contributed by atoms with Crippen molar-refractivity contribution < 1.29 is 17.6 Å². The van der Waals surface area contributed by atoms with Crippen LogP contribution in [-0.2, 0) is 5.54 Å². The molecule has 0 saturated heterocycles. The van der Waals surface area contributed by atoms with Crippen molar-refractivity contribution >= 4 is 0 Å². The van der Waals surface area contributed by atoms with E-state index in [4.69, 9.17) is 5.73 Å². The molecule has 0 fully saturated rings. The van der Waals surface area contributed by atoms with Crippen molar-refractivity contribution in [1.82, 2.24) is 4.98 Å². The molecule has 0 saturated carbocycles. The lowest BCUT2D eigenvalue weighted by molar-refractivity contribution is 0.423. The molecule has 1 aromatic heterocycles. The number of pyridine rings is 1. The van der Waals surface area contributed by atoms with Crippen LogP contribution < -0.4 is 5.73 Å². The lowest BCUT2D eigenvalue weighted by Crippen LogP contribution is -2.36. The van der Waals surface area contributed by atoms with Crippen LogP contribution in [0.15, 0.2) is 30.5 Å². The van der Waals surface area contributed by atoms with E-state index in [0.29, 0.717) is 0 Å². The van der Waals surface area contributed by atoms with Crippen LogP contribution in [0.3, 0.4) is 0 Å². The van der Waals surface area contributed by atoms with Crippen molar-refractivity contribution in [2.24, 2.45) is 5.73 Å². The topological polar surface area (TPSA) is 38.9 Å². The first-order valence-corrected chi connectivity index (χ1v) is 5.39. The van der Waals surface area contributed by atoms with Crippen LogP contribution in [0.25, 0.3) is 0 Å². The summed E-state index contributed by atoms with van der Waals surface area (Å²) < 4.78 is 52.6. The molecule has 1 atom stereocenters. The average molecular weight is 270 g/mol. The molecular formula is C13H10F4N2. The third-order valence-corrected chi connectivity index (χ3v) is 2.85. The highest BCUT2D eigenvalue weighted by Crippen LogP contribution is 2.29. The normalized spacial score (nSPS) is 14.2. The number of halogens is 4. The van der Waals surface area contributed by atoms with Crippen LogP contribution in [0.2, 0.25) is 0 Å². The minimum atomic E-state index is -1.60. The molecule has 19 heavy (non-hydrogen) atoms. The molecule has 2 rings (SSSR count). The van der Waals surface area contributed by atoms with Gasteiger partial charge < -0.3 is 5.73 Å². The second kappa shape index (κ2) is 4.62. The van der Waals surface area contributed by atoms with Crippen LogP contribution in [0, 0.1) is 23.3 Å². The van der Waals surface area contributed by atoms with Crippen molar-refractivity contribution in [3.05, 3.63) is 65.0 Å². The van der Waals surface area contributed by atoms with Crippen molar-refractivity contribution in [2.75, 3.05) is 0 Å². The van der Waals surface area contributed by atoms with Gasteiger partial charge in [0.15, 0.2) is 17.5 Å². The van der Waals surface area contributed by atoms with E-state index < -0.39 is 28.8 Å². The highest BCUT2D eigenvalue weighted by Gasteiger charge is 2.30. The summed E-state index contributed by atoms with van der Waals surface area (Å²) in [5.74, 6) is -4.86. The van der Waals surface area contributed by atoms with Gasteiger partial charge >= 0.3 is 0 Å². The molecule has 2 N–H and O–H groups in total. The zero-order valence-electron chi connectivity index (χ0n) is 9.92. The van der Waals surface area contributed by atoms with Crippen molar-refractivity contribution in [3.63, 3.8) is 0 Å². The Bertz CT molecular complexity index is 609. The van der Waals surface area contributed by atoms with E-state index in [-0.39, 0.29) is 11.3 Å². The van der Waals surface area contributed by atoms with Crippen LogP contribution in [0.5, 0.6) is 0 Å². The first-order chi connectivity index (χ1) is 8.84. The van der Waals surface area contributed by atoms with E-state index in [2.05, 4.69) is 4.98 Å². The minimum absolute atomic E-state index is 0.138. The van der Waals surface area contributed by atoms with E-state index in [1.807, 2.05) is 0 Å². The summed E-state index contributed by atoms with van der Waals surface area (Å²) in [5, 5.41) is 0. The summed E-state index contributed by atoms with van der Waals surface area (Å²) in [6, 6.07) is 4.18. The molecule has 0 aliphatic carbocycles. The largest absolute Gasteiger partial charge is 0.317 e. The van der Waals surface area contributed by atoms with E-state index in [0.717, 1.165) is 24.4 Å². The lowest BCUT2D eigenvalue weighted by Gasteiger charge is -2.25. The SMILES string of the molecule is CC(N)(c1ccc(F)cn1)c1ccc(F)c(F)c1F. The van der Waals surface area contributed by atoms with E-state index >= 15 is 0 Å². The summed E-state index contributed by atoms with van der Waals surface area (Å²) in [6.45, 7) is 1.38. The van der Waals surface area contributed by atoms with Crippen molar-refractivity contribution in [1.29, 1.82) is 0 Å². The zero-order valence-corrected chi connectivity index (χ0v) is 9.92. The maximum atomic E-state index is 13.7. The molecule has 100 valence electrons. The van der Waals surface area contributed by atoms with E-state index in [1.165, 1.54) is 13.0 Å². The van der Waals surface area contributed by atoms with Gasteiger partial charge in [0.25, 0.3) is 0 Å². The first kappa shape index (κ1) is 13.5. The Hall–Kier alpha value is -1.95. The predicted octanol–water partition coefficient (Wildman–Crippen LogP) is 2.86. The average Bonchev–Trinajstić information content (AvgIpc) is 2.36. The second-order valence-electron chi connectivity index (χ2n) is 4.29. The molecule has 0 radical (unpaired) electrons. The number of rotatable bonds is 2. The first-order valence-electron chi connectivity index (χ1n) is 5.39. The predicted molar refractivity (Wildman–Crippen MR) is 61.2 cm³/mol. The fourth-order valence-corrected chi connectivity index (χ4v) is 1.75. The van der Waals surface area contributed by atoms with Crippen LogP contribution in [0.4, 0.5) is 17.6 Å². The summed E-state index contributed by atoms with van der Waals surface area (Å²) >= 11 is 0. The van der Waals surface area contributed by atoms with Gasteiger partial charge in [-0.1, -0.05) is 6.07 Å². The van der Waals surface area contributed by atoms with E-state index in [1.54, 1.807) is 0 Å². The highest BCUT2D eigenvalue weighted by molar-refractivity contribution is 5.35. The molecule has 0 aliphatic heterocycles. The molecule has 0 spiro atoms. The molecule has 0 amide bonds. The summed E-state index contributed by atoms with van der Waals surface area (Å²) in [5.41, 5.74) is 4.29. The molecule has 0 aliphatic rings. The molecule has 2 aromatic rings. The van der Waals surface area contributed by atoms with Crippen molar-refractivity contribution in [2.45, 2.75) is 12.5 Å². The fraction of sp³-hybridized carbons (Fsp3) is 0.154. The number of aromatic nitrogens is 1. The van der Waals surface area contributed by atoms with Gasteiger partial charge in [-0.05, 0) is 25.1 Å². The highest BCUT2D eigenvalue weighted by atomic mass is 19.2. The number of hydrogen-bond donors (Lipinski definition) is 1. The van der Waals surface area contributed by atoms with Gasteiger partial charge in [-0.15, -0.1) is 0 Å². The molecular weight excluding hydrogens is 260 g/mol. The Kier molecular flexibility index (Phi) is 3.28. The Morgan fingerprint density at radius 3 is 2.26 bits per heavy atom. The van der Waals surface area contributed by atoms with Gasteiger partial charge in [0, 0.05) is 5.56 Å².